The van der Waals surface area contributed by atoms with Gasteiger partial charge in [-0.05, 0) is 23.8 Å². The molecule has 0 bridgehead atoms. The zero-order valence-corrected chi connectivity index (χ0v) is 19.3. The van der Waals surface area contributed by atoms with Crippen LogP contribution in [0.15, 0.2) is 29.7 Å². The minimum Gasteiger partial charge on any atom is -0.334 e. The average molecular weight is 489 g/mol. The van der Waals surface area contributed by atoms with Crippen molar-refractivity contribution in [3.8, 4) is 0 Å². The van der Waals surface area contributed by atoms with Crippen molar-refractivity contribution in [3.05, 3.63) is 55.8 Å². The average Bonchev–Trinajstić information content (AvgIpc) is 3.17. The second-order valence-corrected chi connectivity index (χ2v) is 10.2. The molecule has 1 aromatic carbocycles. The van der Waals surface area contributed by atoms with Crippen LogP contribution in [-0.4, -0.2) is 61.2 Å². The van der Waals surface area contributed by atoms with Gasteiger partial charge >= 0.3 is 0 Å². The van der Waals surface area contributed by atoms with Gasteiger partial charge < -0.3 is 10.2 Å². The maximum absolute atomic E-state index is 12.8. The van der Waals surface area contributed by atoms with Crippen LogP contribution in [0.5, 0.6) is 0 Å². The van der Waals surface area contributed by atoms with E-state index in [1.165, 1.54) is 21.1 Å². The molecule has 0 saturated carbocycles. The number of piperazine rings is 1. The van der Waals surface area contributed by atoms with Crippen LogP contribution in [0.25, 0.3) is 6.08 Å². The second-order valence-electron chi connectivity index (χ2n) is 6.91. The molecule has 0 radical (unpaired) electrons. The Bertz CT molecular complexity index is 1010. The van der Waals surface area contributed by atoms with Crippen molar-refractivity contribution in [2.75, 3.05) is 32.7 Å². The number of hydrogen-bond acceptors (Lipinski definition) is 6. The normalized spacial score (nSPS) is 17.6. The Balaban J connectivity index is 0.00000256. The molecule has 0 unspecified atom stereocenters. The molecule has 11 heteroatoms. The molecule has 1 fully saturated rings. The number of thiazole rings is 1. The summed E-state index contributed by atoms with van der Waals surface area (Å²) in [6.07, 6.45) is 2.39. The number of fused-ring (bicyclic) bond motifs is 1. The van der Waals surface area contributed by atoms with E-state index in [1.54, 1.807) is 35.2 Å². The quantitative estimate of drug-likeness (QED) is 0.714. The lowest BCUT2D eigenvalue weighted by molar-refractivity contribution is 0.0698. The van der Waals surface area contributed by atoms with Crippen molar-refractivity contribution >= 4 is 57.4 Å². The zero-order valence-electron chi connectivity index (χ0n) is 16.1. The van der Waals surface area contributed by atoms with E-state index in [1.807, 2.05) is 0 Å². The van der Waals surface area contributed by atoms with Crippen LogP contribution < -0.4 is 5.32 Å². The van der Waals surface area contributed by atoms with Crippen LogP contribution in [0.4, 0.5) is 0 Å². The van der Waals surface area contributed by atoms with Crippen LogP contribution in [0.2, 0.25) is 5.02 Å². The first kappa shape index (κ1) is 23.2. The van der Waals surface area contributed by atoms with E-state index >= 15 is 0 Å². The van der Waals surface area contributed by atoms with Gasteiger partial charge in [0.25, 0.3) is 5.91 Å². The fourth-order valence-corrected chi connectivity index (χ4v) is 5.67. The van der Waals surface area contributed by atoms with Crippen molar-refractivity contribution in [2.24, 2.45) is 0 Å². The molecule has 1 saturated heterocycles. The van der Waals surface area contributed by atoms with Crippen LogP contribution in [0, 0.1) is 0 Å². The number of sulfonamides is 1. The first-order valence-corrected chi connectivity index (χ1v) is 12.0. The van der Waals surface area contributed by atoms with Crippen molar-refractivity contribution in [3.63, 3.8) is 0 Å². The first-order valence-electron chi connectivity index (χ1n) is 9.35. The molecule has 2 aliphatic rings. The topological polar surface area (TPSA) is 82.6 Å². The minimum absolute atomic E-state index is 0. The molecule has 7 nitrogen and oxygen atoms in total. The number of carbonyl (C=O) groups excluding carboxylic acids is 1. The molecule has 1 aromatic heterocycles. The van der Waals surface area contributed by atoms with Gasteiger partial charge in [-0.15, -0.1) is 23.7 Å². The first-order chi connectivity index (χ1) is 13.9. The van der Waals surface area contributed by atoms with Crippen molar-refractivity contribution in [2.45, 2.75) is 13.0 Å². The lowest BCUT2D eigenvalue weighted by Gasteiger charge is -2.32. The standard InChI is InChI=1S/C19H21ClN4O3S2.ClH/c20-15-3-1-14(2-4-15)6-12-29(26,27)24-10-8-23(9-11-24)19(25)18-22-16-5-7-21-13-17(16)28-18;/h1-4,6,12,21H,5,7-11,13H2;1H/b12-6+;. The number of benzene rings is 1. The molecule has 2 aliphatic heterocycles. The Morgan fingerprint density at radius 2 is 1.87 bits per heavy atom. The monoisotopic (exact) mass is 488 g/mol. The number of amides is 1. The number of rotatable bonds is 4. The highest BCUT2D eigenvalue weighted by Crippen LogP contribution is 2.23. The molecule has 30 heavy (non-hydrogen) atoms. The fraction of sp³-hybridized carbons (Fsp3) is 0.368. The van der Waals surface area contributed by atoms with Gasteiger partial charge in [-0.25, -0.2) is 13.4 Å². The summed E-state index contributed by atoms with van der Waals surface area (Å²) in [6, 6.07) is 6.94. The Kier molecular flexibility index (Phi) is 7.54. The predicted molar refractivity (Wildman–Crippen MR) is 122 cm³/mol. The van der Waals surface area contributed by atoms with E-state index in [0.717, 1.165) is 35.6 Å². The molecular formula is C19H22Cl2N4O3S2. The second kappa shape index (κ2) is 9.76. The third kappa shape index (κ3) is 5.22. The van der Waals surface area contributed by atoms with Crippen molar-refractivity contribution < 1.29 is 13.2 Å². The molecule has 3 heterocycles. The number of carbonyl (C=O) groups is 1. The summed E-state index contributed by atoms with van der Waals surface area (Å²) >= 11 is 7.28. The summed E-state index contributed by atoms with van der Waals surface area (Å²) in [5.41, 5.74) is 1.76. The van der Waals surface area contributed by atoms with Gasteiger partial charge in [-0.3, -0.25) is 4.79 Å². The van der Waals surface area contributed by atoms with E-state index < -0.39 is 10.0 Å². The number of nitrogens with zero attached hydrogens (tertiary/aromatic N) is 3. The fourth-order valence-electron chi connectivity index (χ4n) is 3.32. The zero-order chi connectivity index (χ0) is 20.4. The van der Waals surface area contributed by atoms with Crippen LogP contribution in [0.3, 0.4) is 0 Å². The number of nitrogens with one attached hydrogen (secondary N) is 1. The van der Waals surface area contributed by atoms with Crippen LogP contribution >= 0.6 is 35.3 Å². The SMILES string of the molecule is Cl.O=C(c1nc2c(s1)CNCC2)N1CCN(S(=O)(=O)/C=C/c2ccc(Cl)cc2)CC1. The Morgan fingerprint density at radius 1 is 1.17 bits per heavy atom. The highest BCUT2D eigenvalue weighted by molar-refractivity contribution is 7.92. The van der Waals surface area contributed by atoms with E-state index in [4.69, 9.17) is 11.6 Å². The third-order valence-corrected chi connectivity index (χ3v) is 7.88. The van der Waals surface area contributed by atoms with E-state index in [0.29, 0.717) is 23.1 Å². The Morgan fingerprint density at radius 3 is 2.53 bits per heavy atom. The maximum atomic E-state index is 12.8. The molecule has 1 N–H and O–H groups in total. The molecule has 0 atom stereocenters. The van der Waals surface area contributed by atoms with Crippen LogP contribution in [-0.2, 0) is 23.0 Å². The molecule has 2 aromatic rings. The van der Waals surface area contributed by atoms with E-state index in [-0.39, 0.29) is 31.4 Å². The predicted octanol–water partition coefficient (Wildman–Crippen LogP) is 2.62. The van der Waals surface area contributed by atoms with Gasteiger partial charge in [0.2, 0.25) is 10.0 Å². The van der Waals surface area contributed by atoms with Crippen molar-refractivity contribution in [1.82, 2.24) is 19.5 Å². The largest absolute Gasteiger partial charge is 0.334 e. The van der Waals surface area contributed by atoms with Gasteiger partial charge in [-0.1, -0.05) is 23.7 Å². The third-order valence-electron chi connectivity index (χ3n) is 4.97. The lowest BCUT2D eigenvalue weighted by Crippen LogP contribution is -2.50. The van der Waals surface area contributed by atoms with Gasteiger partial charge in [0.1, 0.15) is 0 Å². The van der Waals surface area contributed by atoms with Crippen molar-refractivity contribution in [1.29, 1.82) is 0 Å². The summed E-state index contributed by atoms with van der Waals surface area (Å²) in [7, 11) is -3.55. The molecule has 0 spiro atoms. The summed E-state index contributed by atoms with van der Waals surface area (Å²) < 4.78 is 26.6. The minimum atomic E-state index is -3.55. The smallest absolute Gasteiger partial charge is 0.282 e. The van der Waals surface area contributed by atoms with Gasteiger partial charge in [0.15, 0.2) is 5.01 Å². The maximum Gasteiger partial charge on any atom is 0.282 e. The summed E-state index contributed by atoms with van der Waals surface area (Å²) in [5, 5.41) is 5.58. The van der Waals surface area contributed by atoms with E-state index in [9.17, 15) is 13.2 Å². The Hall–Kier alpha value is -1.49. The summed E-state index contributed by atoms with van der Waals surface area (Å²) in [4.78, 5) is 20.1. The molecule has 0 aliphatic carbocycles. The van der Waals surface area contributed by atoms with Gasteiger partial charge in [0, 0.05) is 61.0 Å². The number of halogens is 2. The molecule has 1 amide bonds. The van der Waals surface area contributed by atoms with E-state index in [2.05, 4.69) is 10.3 Å². The molecule has 162 valence electrons. The molecular weight excluding hydrogens is 467 g/mol. The highest BCUT2D eigenvalue weighted by atomic mass is 35.5. The summed E-state index contributed by atoms with van der Waals surface area (Å²) in [5.74, 6) is -0.113. The Labute approximate surface area is 191 Å². The number of aromatic nitrogens is 1. The lowest BCUT2D eigenvalue weighted by atomic mass is 10.2. The van der Waals surface area contributed by atoms with Gasteiger partial charge in [-0.2, -0.15) is 4.31 Å². The number of hydrogen-bond donors (Lipinski definition) is 1. The van der Waals surface area contributed by atoms with Crippen LogP contribution in [0.1, 0.15) is 25.9 Å². The molecule has 4 rings (SSSR count). The van der Waals surface area contributed by atoms with Gasteiger partial charge in [0.05, 0.1) is 5.69 Å². The highest BCUT2D eigenvalue weighted by Gasteiger charge is 2.29. The summed E-state index contributed by atoms with van der Waals surface area (Å²) in [6.45, 7) is 2.89.